The lowest BCUT2D eigenvalue weighted by Gasteiger charge is -2.23. The van der Waals surface area contributed by atoms with E-state index >= 15 is 0 Å². The quantitative estimate of drug-likeness (QED) is 0.512. The van der Waals surface area contributed by atoms with E-state index in [9.17, 15) is 18.0 Å². The molecule has 0 saturated carbocycles. The maximum Gasteiger partial charge on any atom is 0.268 e. The summed E-state index contributed by atoms with van der Waals surface area (Å²) in [6.07, 6.45) is 2.77. The fourth-order valence-electron chi connectivity index (χ4n) is 3.81. The second kappa shape index (κ2) is 8.41. The molecule has 1 aromatic heterocycles. The maximum atomic E-state index is 13.4. The van der Waals surface area contributed by atoms with Crippen molar-refractivity contribution < 1.29 is 22.7 Å². The third-order valence-corrected chi connectivity index (χ3v) is 7.15. The number of hydrogen-bond donors (Lipinski definition) is 1. The summed E-state index contributed by atoms with van der Waals surface area (Å²) in [5.74, 6) is -1.06. The van der Waals surface area contributed by atoms with Gasteiger partial charge in [-0.3, -0.25) is 19.3 Å². The first-order valence-electron chi connectivity index (χ1n) is 10.3. The first-order valence-corrected chi connectivity index (χ1v) is 12.1. The van der Waals surface area contributed by atoms with Gasteiger partial charge in [0, 0.05) is 6.07 Å². The molecule has 1 aliphatic heterocycles. The van der Waals surface area contributed by atoms with E-state index in [1.807, 2.05) is 20.8 Å². The molecule has 0 radical (unpaired) electrons. The molecule has 34 heavy (non-hydrogen) atoms. The van der Waals surface area contributed by atoms with Crippen LogP contribution in [0.4, 0.5) is 11.4 Å². The van der Waals surface area contributed by atoms with Crippen LogP contribution in [0.5, 0.6) is 5.75 Å². The number of rotatable bonds is 5. The van der Waals surface area contributed by atoms with E-state index in [0.717, 1.165) is 4.90 Å². The molecule has 2 heterocycles. The smallest absolute Gasteiger partial charge is 0.268 e. The fourth-order valence-corrected chi connectivity index (χ4v) is 5.53. The molecular formula is C24H22ClN3O5S. The predicted octanol–water partition coefficient (Wildman–Crippen LogP) is 4.64. The van der Waals surface area contributed by atoms with Crippen molar-refractivity contribution in [1.29, 1.82) is 0 Å². The number of imide groups is 1. The number of nitrogens with one attached hydrogen (secondary N) is 1. The zero-order chi connectivity index (χ0) is 24.8. The van der Waals surface area contributed by atoms with Gasteiger partial charge in [0.25, 0.3) is 21.8 Å². The molecule has 2 amide bonds. The molecule has 0 spiro atoms. The molecular weight excluding hydrogens is 478 g/mol. The van der Waals surface area contributed by atoms with Crippen molar-refractivity contribution in [3.63, 3.8) is 0 Å². The van der Waals surface area contributed by atoms with E-state index in [2.05, 4.69) is 9.71 Å². The highest BCUT2D eigenvalue weighted by atomic mass is 35.5. The minimum absolute atomic E-state index is 0.0322. The highest BCUT2D eigenvalue weighted by molar-refractivity contribution is 7.92. The first-order chi connectivity index (χ1) is 16.0. The van der Waals surface area contributed by atoms with Crippen LogP contribution >= 0.6 is 11.6 Å². The lowest BCUT2D eigenvalue weighted by Crippen LogP contribution is -2.29. The normalized spacial score (nSPS) is 13.7. The highest BCUT2D eigenvalue weighted by Crippen LogP contribution is 2.39. The van der Waals surface area contributed by atoms with E-state index in [1.165, 1.54) is 43.8 Å². The Morgan fingerprint density at radius 1 is 1.00 bits per heavy atom. The number of nitrogens with zero attached hydrogens (tertiary/aromatic N) is 2. The summed E-state index contributed by atoms with van der Waals surface area (Å²) in [5.41, 5.74) is 0.0822. The zero-order valence-electron chi connectivity index (χ0n) is 18.9. The fraction of sp³-hybridized carbons (Fsp3) is 0.208. The molecule has 10 heteroatoms. The van der Waals surface area contributed by atoms with Crippen molar-refractivity contribution in [3.8, 4) is 5.75 Å². The number of sulfonamides is 1. The Bertz CT molecular complexity index is 1430. The Hall–Kier alpha value is -3.43. The number of hydrogen-bond acceptors (Lipinski definition) is 6. The van der Waals surface area contributed by atoms with Gasteiger partial charge in [0.1, 0.15) is 5.75 Å². The summed E-state index contributed by atoms with van der Waals surface area (Å²) in [6.45, 7) is 5.72. The second-order valence-corrected chi connectivity index (χ2v) is 10.8. The van der Waals surface area contributed by atoms with Crippen LogP contribution < -0.4 is 14.4 Å². The average molecular weight is 500 g/mol. The van der Waals surface area contributed by atoms with Crippen molar-refractivity contribution in [2.45, 2.75) is 31.1 Å². The van der Waals surface area contributed by atoms with Gasteiger partial charge in [-0.2, -0.15) is 0 Å². The molecule has 0 bridgehead atoms. The van der Waals surface area contributed by atoms with Crippen LogP contribution in [-0.4, -0.2) is 32.3 Å². The Morgan fingerprint density at radius 3 is 2.35 bits per heavy atom. The van der Waals surface area contributed by atoms with Gasteiger partial charge in [-0.15, -0.1) is 0 Å². The van der Waals surface area contributed by atoms with Gasteiger partial charge in [-0.1, -0.05) is 50.6 Å². The number of amides is 2. The summed E-state index contributed by atoms with van der Waals surface area (Å²) >= 11 is 6.27. The van der Waals surface area contributed by atoms with Gasteiger partial charge in [-0.25, -0.2) is 13.3 Å². The van der Waals surface area contributed by atoms with Gasteiger partial charge < -0.3 is 4.74 Å². The monoisotopic (exact) mass is 499 g/mol. The van der Waals surface area contributed by atoms with Crippen LogP contribution in [0.3, 0.4) is 0 Å². The van der Waals surface area contributed by atoms with Crippen molar-refractivity contribution >= 4 is 44.8 Å². The van der Waals surface area contributed by atoms with Crippen molar-refractivity contribution in [2.24, 2.45) is 0 Å². The maximum absolute atomic E-state index is 13.4. The number of carbonyl (C=O) groups is 2. The van der Waals surface area contributed by atoms with E-state index in [-0.39, 0.29) is 32.4 Å². The summed E-state index contributed by atoms with van der Waals surface area (Å²) < 4.78 is 34.4. The van der Waals surface area contributed by atoms with Crippen LogP contribution in [-0.2, 0) is 15.4 Å². The molecule has 0 aliphatic carbocycles. The van der Waals surface area contributed by atoms with Gasteiger partial charge in [-0.05, 0) is 29.2 Å². The van der Waals surface area contributed by atoms with Crippen LogP contribution in [0.25, 0.3) is 0 Å². The number of fused-ring (bicyclic) bond motifs is 1. The van der Waals surface area contributed by atoms with Crippen molar-refractivity contribution in [2.75, 3.05) is 16.7 Å². The number of halogens is 1. The lowest BCUT2D eigenvalue weighted by molar-refractivity contribution is 0.0926. The van der Waals surface area contributed by atoms with Crippen LogP contribution in [0, 0.1) is 0 Å². The molecule has 8 nitrogen and oxygen atoms in total. The van der Waals surface area contributed by atoms with Crippen molar-refractivity contribution in [1.82, 2.24) is 4.98 Å². The number of carbonyl (C=O) groups excluding carboxylic acids is 2. The van der Waals surface area contributed by atoms with Gasteiger partial charge in [0.05, 0.1) is 51.9 Å². The van der Waals surface area contributed by atoms with Gasteiger partial charge in [0.15, 0.2) is 0 Å². The topological polar surface area (TPSA) is 106 Å². The number of aromatic nitrogens is 1. The Balaban J connectivity index is 1.81. The molecule has 2 aromatic carbocycles. The van der Waals surface area contributed by atoms with E-state index in [4.69, 9.17) is 16.3 Å². The molecule has 0 unspecified atom stereocenters. The Labute approximate surface area is 202 Å². The van der Waals surface area contributed by atoms with Crippen LogP contribution in [0.15, 0.2) is 59.8 Å². The third kappa shape index (κ3) is 4.01. The van der Waals surface area contributed by atoms with Gasteiger partial charge in [0.2, 0.25) is 0 Å². The summed E-state index contributed by atoms with van der Waals surface area (Å²) in [6, 6.07) is 10.9. The van der Waals surface area contributed by atoms with Crippen molar-refractivity contribution in [3.05, 3.63) is 76.6 Å². The standard InChI is InChI=1S/C24H22ClN3O5S/c1-24(2,3)16-7-5-6-8-19(16)34(31,32)27-18-10-9-17(25)20-21(18)23(30)28(22(20)29)14-11-15(33-4)13-26-12-14/h5-13,27H,1-4H3. The molecule has 0 saturated heterocycles. The molecule has 1 aliphatic rings. The SMILES string of the molecule is COc1cncc(N2C(=O)c3c(Cl)ccc(NS(=O)(=O)c4ccccc4C(C)(C)C)c3C2=O)c1. The lowest BCUT2D eigenvalue weighted by atomic mass is 9.87. The average Bonchev–Trinajstić information content (AvgIpc) is 3.06. The van der Waals surface area contributed by atoms with E-state index < -0.39 is 27.3 Å². The molecule has 0 fully saturated rings. The number of methoxy groups -OCH3 is 1. The third-order valence-electron chi connectivity index (χ3n) is 5.41. The number of benzene rings is 2. The molecule has 1 N–H and O–H groups in total. The Kier molecular flexibility index (Phi) is 5.87. The van der Waals surface area contributed by atoms with E-state index in [0.29, 0.717) is 11.3 Å². The largest absolute Gasteiger partial charge is 0.495 e. The minimum atomic E-state index is -4.10. The molecule has 3 aromatic rings. The van der Waals surface area contributed by atoms with Crippen LogP contribution in [0.1, 0.15) is 47.1 Å². The highest BCUT2D eigenvalue weighted by Gasteiger charge is 2.41. The van der Waals surface area contributed by atoms with E-state index in [1.54, 1.807) is 18.2 Å². The van der Waals surface area contributed by atoms with Gasteiger partial charge >= 0.3 is 0 Å². The second-order valence-electron chi connectivity index (χ2n) is 8.73. The molecule has 4 rings (SSSR count). The Morgan fingerprint density at radius 2 is 1.68 bits per heavy atom. The predicted molar refractivity (Wildman–Crippen MR) is 129 cm³/mol. The minimum Gasteiger partial charge on any atom is -0.495 e. The molecule has 176 valence electrons. The number of anilines is 2. The van der Waals surface area contributed by atoms with Crippen LogP contribution in [0.2, 0.25) is 5.02 Å². The summed E-state index contributed by atoms with van der Waals surface area (Å²) in [4.78, 5) is 31.5. The summed E-state index contributed by atoms with van der Waals surface area (Å²) in [7, 11) is -2.67. The number of pyridine rings is 1. The molecule has 0 atom stereocenters. The summed E-state index contributed by atoms with van der Waals surface area (Å²) in [5, 5.41) is 0.0322. The zero-order valence-corrected chi connectivity index (χ0v) is 20.5. The number of ether oxygens (including phenoxy) is 1. The first kappa shape index (κ1) is 23.7.